The Morgan fingerprint density at radius 3 is 2.39 bits per heavy atom. The van der Waals surface area contributed by atoms with E-state index in [0.717, 1.165) is 17.0 Å². The molecule has 0 unspecified atom stereocenters. The lowest BCUT2D eigenvalue weighted by Crippen LogP contribution is -2.49. The van der Waals surface area contributed by atoms with Crippen molar-refractivity contribution in [2.75, 3.05) is 38.2 Å². The van der Waals surface area contributed by atoms with Crippen LogP contribution in [0.2, 0.25) is 0 Å². The Hall–Kier alpha value is -3.81. The van der Waals surface area contributed by atoms with Gasteiger partial charge in [-0.1, -0.05) is 24.3 Å². The predicted octanol–water partition coefficient (Wildman–Crippen LogP) is 3.07. The average molecular weight is 451 g/mol. The number of aromatic nitrogens is 1. The highest BCUT2D eigenvalue weighted by Crippen LogP contribution is 2.28. The Bertz CT molecular complexity index is 1190. The van der Waals surface area contributed by atoms with Crippen LogP contribution in [0.25, 0.3) is 0 Å². The number of hydrogen-bond acceptors (Lipinski definition) is 5. The minimum absolute atomic E-state index is 0.133. The summed E-state index contributed by atoms with van der Waals surface area (Å²) in [6, 6.07) is 15.0. The summed E-state index contributed by atoms with van der Waals surface area (Å²) < 4.78 is 25.7. The lowest BCUT2D eigenvalue weighted by Gasteiger charge is -2.36. The van der Waals surface area contributed by atoms with Gasteiger partial charge in [0.15, 0.2) is 5.75 Å². The molecule has 33 heavy (non-hydrogen) atoms. The molecular formula is C25H26FN3O4. The summed E-state index contributed by atoms with van der Waals surface area (Å²) in [5.74, 6) is 0.413. The summed E-state index contributed by atoms with van der Waals surface area (Å²) in [4.78, 5) is 29.6. The molecule has 0 aliphatic carbocycles. The number of piperazine rings is 1. The molecule has 0 bridgehead atoms. The van der Waals surface area contributed by atoms with Gasteiger partial charge in [-0.2, -0.15) is 0 Å². The maximum absolute atomic E-state index is 13.1. The summed E-state index contributed by atoms with van der Waals surface area (Å²) >= 11 is 0. The number of amides is 1. The third-order valence-electron chi connectivity index (χ3n) is 5.72. The van der Waals surface area contributed by atoms with Gasteiger partial charge in [0, 0.05) is 39.3 Å². The van der Waals surface area contributed by atoms with Gasteiger partial charge < -0.3 is 23.8 Å². The number of nitrogens with zero attached hydrogens (tertiary/aromatic N) is 3. The van der Waals surface area contributed by atoms with Crippen LogP contribution in [0.5, 0.6) is 11.5 Å². The Balaban J connectivity index is 1.41. The predicted molar refractivity (Wildman–Crippen MR) is 124 cm³/mol. The van der Waals surface area contributed by atoms with Crippen molar-refractivity contribution in [3.63, 3.8) is 0 Å². The zero-order valence-electron chi connectivity index (χ0n) is 18.7. The molecule has 0 N–H and O–H groups in total. The van der Waals surface area contributed by atoms with Gasteiger partial charge in [0.25, 0.3) is 5.91 Å². The third kappa shape index (κ3) is 5.00. The highest BCUT2D eigenvalue weighted by atomic mass is 19.1. The Morgan fingerprint density at radius 2 is 1.70 bits per heavy atom. The van der Waals surface area contributed by atoms with E-state index in [1.54, 1.807) is 35.8 Å². The molecule has 7 nitrogen and oxygen atoms in total. The zero-order chi connectivity index (χ0) is 23.4. The molecular weight excluding hydrogens is 425 g/mol. The highest BCUT2D eigenvalue weighted by molar-refractivity contribution is 5.92. The van der Waals surface area contributed by atoms with Crippen molar-refractivity contribution in [2.45, 2.75) is 6.61 Å². The Labute approximate surface area is 191 Å². The van der Waals surface area contributed by atoms with Gasteiger partial charge in [-0.05, 0) is 29.8 Å². The fourth-order valence-electron chi connectivity index (χ4n) is 3.87. The van der Waals surface area contributed by atoms with Crippen LogP contribution in [0, 0.1) is 5.82 Å². The van der Waals surface area contributed by atoms with Crippen molar-refractivity contribution < 1.29 is 18.7 Å². The molecule has 1 amide bonds. The molecule has 1 saturated heterocycles. The van der Waals surface area contributed by atoms with Crippen LogP contribution in [0.3, 0.4) is 0 Å². The number of rotatable bonds is 6. The number of pyridine rings is 1. The number of anilines is 1. The largest absolute Gasteiger partial charge is 0.495 e. The number of aryl methyl sites for hydroxylation is 1. The van der Waals surface area contributed by atoms with Crippen LogP contribution in [0.1, 0.15) is 16.1 Å². The van der Waals surface area contributed by atoms with Gasteiger partial charge in [0.1, 0.15) is 23.9 Å². The van der Waals surface area contributed by atoms with Crippen LogP contribution in [-0.2, 0) is 13.7 Å². The lowest BCUT2D eigenvalue weighted by molar-refractivity contribution is 0.0735. The van der Waals surface area contributed by atoms with E-state index in [9.17, 15) is 14.0 Å². The van der Waals surface area contributed by atoms with E-state index in [2.05, 4.69) is 4.90 Å². The van der Waals surface area contributed by atoms with E-state index in [4.69, 9.17) is 9.47 Å². The van der Waals surface area contributed by atoms with Crippen LogP contribution in [-0.4, -0.2) is 48.7 Å². The molecule has 2 aromatic carbocycles. The fraction of sp³-hybridized carbons (Fsp3) is 0.280. The van der Waals surface area contributed by atoms with Crippen molar-refractivity contribution in [1.29, 1.82) is 0 Å². The van der Waals surface area contributed by atoms with Gasteiger partial charge >= 0.3 is 0 Å². The second-order valence-electron chi connectivity index (χ2n) is 7.86. The van der Waals surface area contributed by atoms with Crippen LogP contribution < -0.4 is 19.8 Å². The number of para-hydroxylation sites is 2. The standard InChI is InChI=1S/C25H26FN3O4/c1-27-16-24(33-17-18-7-9-19(26)10-8-18)22(30)15-21(27)25(31)29-13-11-28(12-14-29)20-5-3-4-6-23(20)32-2/h3-10,15-16H,11-14,17H2,1-2H3. The molecule has 0 saturated carbocycles. The smallest absolute Gasteiger partial charge is 0.270 e. The van der Waals surface area contributed by atoms with Gasteiger partial charge in [-0.15, -0.1) is 0 Å². The van der Waals surface area contributed by atoms with E-state index in [1.165, 1.54) is 24.4 Å². The molecule has 4 rings (SSSR count). The quantitative estimate of drug-likeness (QED) is 0.577. The van der Waals surface area contributed by atoms with Crippen molar-refractivity contribution in [2.24, 2.45) is 7.05 Å². The number of carbonyl (C=O) groups is 1. The number of benzene rings is 2. The van der Waals surface area contributed by atoms with Crippen molar-refractivity contribution in [3.05, 3.63) is 88.1 Å². The minimum Gasteiger partial charge on any atom is -0.495 e. The van der Waals surface area contributed by atoms with E-state index in [0.29, 0.717) is 31.9 Å². The summed E-state index contributed by atoms with van der Waals surface area (Å²) in [5.41, 5.74) is 1.68. The van der Waals surface area contributed by atoms with E-state index >= 15 is 0 Å². The molecule has 1 fully saturated rings. The number of hydrogen-bond donors (Lipinski definition) is 0. The van der Waals surface area contributed by atoms with Gasteiger partial charge in [-0.3, -0.25) is 9.59 Å². The summed E-state index contributed by atoms with van der Waals surface area (Å²) in [6.45, 7) is 2.54. The van der Waals surface area contributed by atoms with Crippen LogP contribution >= 0.6 is 0 Å². The molecule has 1 aliphatic heterocycles. The molecule has 0 radical (unpaired) electrons. The topological polar surface area (TPSA) is 64.0 Å². The van der Waals surface area contributed by atoms with E-state index < -0.39 is 0 Å². The third-order valence-corrected chi connectivity index (χ3v) is 5.72. The molecule has 1 aliphatic rings. The molecule has 0 atom stereocenters. The van der Waals surface area contributed by atoms with Crippen molar-refractivity contribution in [3.8, 4) is 11.5 Å². The SMILES string of the molecule is COc1ccccc1N1CCN(C(=O)c2cc(=O)c(OCc3ccc(F)cc3)cn2C)CC1. The number of methoxy groups -OCH3 is 1. The maximum Gasteiger partial charge on any atom is 0.270 e. The maximum atomic E-state index is 13.1. The Morgan fingerprint density at radius 1 is 1.00 bits per heavy atom. The molecule has 1 aromatic heterocycles. The average Bonchev–Trinajstić information content (AvgIpc) is 2.85. The van der Waals surface area contributed by atoms with Gasteiger partial charge in [-0.25, -0.2) is 4.39 Å². The van der Waals surface area contributed by atoms with Crippen molar-refractivity contribution in [1.82, 2.24) is 9.47 Å². The Kier molecular flexibility index (Phi) is 6.63. The number of carbonyl (C=O) groups excluding carboxylic acids is 1. The first kappa shape index (κ1) is 22.4. The fourth-order valence-corrected chi connectivity index (χ4v) is 3.87. The summed E-state index contributed by atoms with van der Waals surface area (Å²) in [5, 5.41) is 0. The van der Waals surface area contributed by atoms with Gasteiger partial charge in [0.05, 0.1) is 19.0 Å². The normalized spacial score (nSPS) is 13.7. The van der Waals surface area contributed by atoms with Crippen LogP contribution in [0.15, 0.2) is 65.6 Å². The molecule has 2 heterocycles. The van der Waals surface area contributed by atoms with E-state index in [1.807, 2.05) is 24.3 Å². The molecule has 3 aromatic rings. The van der Waals surface area contributed by atoms with Gasteiger partial charge in [0.2, 0.25) is 5.43 Å². The second kappa shape index (κ2) is 9.77. The first-order chi connectivity index (χ1) is 16.0. The molecule has 8 heteroatoms. The highest BCUT2D eigenvalue weighted by Gasteiger charge is 2.25. The summed E-state index contributed by atoms with van der Waals surface area (Å²) in [7, 11) is 3.36. The summed E-state index contributed by atoms with van der Waals surface area (Å²) in [6.07, 6.45) is 1.52. The number of ether oxygens (including phenoxy) is 2. The first-order valence-electron chi connectivity index (χ1n) is 10.7. The molecule has 0 spiro atoms. The monoisotopic (exact) mass is 451 g/mol. The second-order valence-corrected chi connectivity index (χ2v) is 7.86. The first-order valence-corrected chi connectivity index (χ1v) is 10.7. The van der Waals surface area contributed by atoms with Crippen molar-refractivity contribution >= 4 is 11.6 Å². The molecule has 172 valence electrons. The van der Waals surface area contributed by atoms with E-state index in [-0.39, 0.29) is 29.5 Å². The zero-order valence-corrected chi connectivity index (χ0v) is 18.7. The van der Waals surface area contributed by atoms with Crippen LogP contribution in [0.4, 0.5) is 10.1 Å². The minimum atomic E-state index is -0.369. The lowest BCUT2D eigenvalue weighted by atomic mass is 10.2. The number of halogens is 1.